The lowest BCUT2D eigenvalue weighted by atomic mass is 10.2. The minimum absolute atomic E-state index is 0.0336. The van der Waals surface area contributed by atoms with Crippen molar-refractivity contribution in [3.63, 3.8) is 0 Å². The zero-order valence-corrected chi connectivity index (χ0v) is 13.2. The van der Waals surface area contributed by atoms with Gasteiger partial charge >= 0.3 is 0 Å². The molecule has 1 N–H and O–H groups in total. The lowest BCUT2D eigenvalue weighted by Crippen LogP contribution is -2.34. The molecule has 0 radical (unpaired) electrons. The minimum Gasteiger partial charge on any atom is -0.495 e. The van der Waals surface area contributed by atoms with E-state index in [0.29, 0.717) is 18.0 Å². The summed E-state index contributed by atoms with van der Waals surface area (Å²) >= 11 is 0. The van der Waals surface area contributed by atoms with E-state index in [9.17, 15) is 14.9 Å². The standard InChI is InChI=1S/C17H17N3O4/c1-24-16-7-6-13(20(22)23)10-14(16)18-11-17(21)19-9-8-12-4-2-3-5-15(12)19/h2-7,10,18H,8-9,11H2,1H3. The number of amides is 1. The number of nitrogens with one attached hydrogen (secondary N) is 1. The van der Waals surface area contributed by atoms with Crippen molar-refractivity contribution >= 4 is 23.0 Å². The smallest absolute Gasteiger partial charge is 0.271 e. The second-order valence-electron chi connectivity index (χ2n) is 5.42. The number of ether oxygens (including phenoxy) is 1. The number of carbonyl (C=O) groups excluding carboxylic acids is 1. The van der Waals surface area contributed by atoms with Crippen LogP contribution >= 0.6 is 0 Å². The molecule has 7 nitrogen and oxygen atoms in total. The van der Waals surface area contributed by atoms with Crippen molar-refractivity contribution in [3.8, 4) is 5.75 Å². The van der Waals surface area contributed by atoms with Gasteiger partial charge in [-0.25, -0.2) is 0 Å². The highest BCUT2D eigenvalue weighted by Gasteiger charge is 2.24. The van der Waals surface area contributed by atoms with Gasteiger partial charge in [0.1, 0.15) is 5.75 Å². The van der Waals surface area contributed by atoms with E-state index in [1.54, 1.807) is 4.90 Å². The second-order valence-corrected chi connectivity index (χ2v) is 5.42. The number of fused-ring (bicyclic) bond motifs is 1. The molecule has 124 valence electrons. The van der Waals surface area contributed by atoms with Crippen molar-refractivity contribution < 1.29 is 14.5 Å². The van der Waals surface area contributed by atoms with Crippen molar-refractivity contribution in [3.05, 3.63) is 58.1 Å². The number of nitro groups is 1. The number of hydrogen-bond acceptors (Lipinski definition) is 5. The highest BCUT2D eigenvalue weighted by atomic mass is 16.6. The number of carbonyl (C=O) groups is 1. The molecule has 0 saturated carbocycles. The van der Waals surface area contributed by atoms with Gasteiger partial charge in [0.2, 0.25) is 5.91 Å². The van der Waals surface area contributed by atoms with E-state index in [2.05, 4.69) is 5.32 Å². The molecular weight excluding hydrogens is 310 g/mol. The number of benzene rings is 2. The largest absolute Gasteiger partial charge is 0.495 e. The fraction of sp³-hybridized carbons (Fsp3) is 0.235. The SMILES string of the molecule is COc1ccc([N+](=O)[O-])cc1NCC(=O)N1CCc2ccccc21. The third kappa shape index (κ3) is 3.01. The molecule has 0 aromatic heterocycles. The number of methoxy groups -OCH3 is 1. The monoisotopic (exact) mass is 327 g/mol. The molecule has 0 unspecified atom stereocenters. The summed E-state index contributed by atoms with van der Waals surface area (Å²) in [6, 6.07) is 12.0. The van der Waals surface area contributed by atoms with Gasteiger partial charge in [0.05, 0.1) is 24.3 Å². The molecular formula is C17H17N3O4. The topological polar surface area (TPSA) is 84.7 Å². The number of nitrogens with zero attached hydrogens (tertiary/aromatic N) is 2. The molecule has 0 atom stereocenters. The Labute approximate surface area is 139 Å². The maximum Gasteiger partial charge on any atom is 0.271 e. The van der Waals surface area contributed by atoms with E-state index < -0.39 is 4.92 Å². The normalized spacial score (nSPS) is 12.6. The zero-order chi connectivity index (χ0) is 17.1. The Morgan fingerprint density at radius 3 is 2.88 bits per heavy atom. The van der Waals surface area contributed by atoms with Crippen LogP contribution < -0.4 is 15.0 Å². The highest BCUT2D eigenvalue weighted by Crippen LogP contribution is 2.30. The first-order valence-corrected chi connectivity index (χ1v) is 7.54. The molecule has 0 saturated heterocycles. The quantitative estimate of drug-likeness (QED) is 0.674. The molecule has 1 aliphatic heterocycles. The van der Waals surface area contributed by atoms with Crippen molar-refractivity contribution in [2.75, 3.05) is 30.4 Å². The molecule has 0 bridgehead atoms. The van der Waals surface area contributed by atoms with Crippen LogP contribution in [0.5, 0.6) is 5.75 Å². The Morgan fingerprint density at radius 1 is 1.33 bits per heavy atom. The van der Waals surface area contributed by atoms with Crippen molar-refractivity contribution in [2.45, 2.75) is 6.42 Å². The molecule has 7 heteroatoms. The number of nitro benzene ring substituents is 1. The Balaban J connectivity index is 1.73. The van der Waals surface area contributed by atoms with Crippen LogP contribution in [0.15, 0.2) is 42.5 Å². The summed E-state index contributed by atoms with van der Waals surface area (Å²) in [6.45, 7) is 0.678. The van der Waals surface area contributed by atoms with Crippen LogP contribution in [0.3, 0.4) is 0 Å². The van der Waals surface area contributed by atoms with Gasteiger partial charge in [0.15, 0.2) is 0 Å². The van der Waals surface area contributed by atoms with Gasteiger partial charge in [-0.3, -0.25) is 14.9 Å². The molecule has 0 aliphatic carbocycles. The molecule has 1 amide bonds. The van der Waals surface area contributed by atoms with Gasteiger partial charge in [-0.05, 0) is 24.1 Å². The van der Waals surface area contributed by atoms with E-state index in [1.165, 1.54) is 25.3 Å². The number of anilines is 2. The summed E-state index contributed by atoms with van der Waals surface area (Å²) in [4.78, 5) is 24.6. The lowest BCUT2D eigenvalue weighted by molar-refractivity contribution is -0.384. The summed E-state index contributed by atoms with van der Waals surface area (Å²) < 4.78 is 5.18. The first-order valence-electron chi connectivity index (χ1n) is 7.54. The van der Waals surface area contributed by atoms with Crippen LogP contribution in [0, 0.1) is 10.1 Å². The van der Waals surface area contributed by atoms with Gasteiger partial charge in [0, 0.05) is 24.4 Å². The van der Waals surface area contributed by atoms with E-state index in [0.717, 1.165) is 17.7 Å². The molecule has 1 aliphatic rings. The van der Waals surface area contributed by atoms with Crippen molar-refractivity contribution in [1.29, 1.82) is 0 Å². The van der Waals surface area contributed by atoms with Crippen LogP contribution in [0.4, 0.5) is 17.1 Å². The summed E-state index contributed by atoms with van der Waals surface area (Å²) in [7, 11) is 1.48. The molecule has 1 heterocycles. The maximum atomic E-state index is 12.5. The highest BCUT2D eigenvalue weighted by molar-refractivity contribution is 5.98. The number of rotatable bonds is 5. The van der Waals surface area contributed by atoms with Crippen LogP contribution in [0.1, 0.15) is 5.56 Å². The Kier molecular flexibility index (Phi) is 4.33. The van der Waals surface area contributed by atoms with Crippen molar-refractivity contribution in [1.82, 2.24) is 0 Å². The number of para-hydroxylation sites is 1. The van der Waals surface area contributed by atoms with Gasteiger partial charge in [-0.15, -0.1) is 0 Å². The molecule has 2 aromatic rings. The Hall–Kier alpha value is -3.09. The molecule has 0 spiro atoms. The van der Waals surface area contributed by atoms with Gasteiger partial charge < -0.3 is 15.0 Å². The maximum absolute atomic E-state index is 12.5. The van der Waals surface area contributed by atoms with Crippen LogP contribution in [-0.2, 0) is 11.2 Å². The predicted molar refractivity (Wildman–Crippen MR) is 90.6 cm³/mol. The molecule has 0 fully saturated rings. The second kappa shape index (κ2) is 6.57. The summed E-state index contributed by atoms with van der Waals surface area (Å²) in [5, 5.41) is 13.8. The first kappa shape index (κ1) is 15.8. The fourth-order valence-corrected chi connectivity index (χ4v) is 2.81. The van der Waals surface area contributed by atoms with Gasteiger partial charge in [-0.1, -0.05) is 18.2 Å². The van der Waals surface area contributed by atoms with E-state index in [1.807, 2.05) is 24.3 Å². The Bertz CT molecular complexity index is 791. The van der Waals surface area contributed by atoms with E-state index in [4.69, 9.17) is 4.74 Å². The lowest BCUT2D eigenvalue weighted by Gasteiger charge is -2.18. The third-order valence-corrected chi connectivity index (χ3v) is 4.01. The van der Waals surface area contributed by atoms with Crippen LogP contribution in [-0.4, -0.2) is 31.0 Å². The average Bonchev–Trinajstić information content (AvgIpc) is 3.03. The molecule has 3 rings (SSSR count). The molecule has 24 heavy (non-hydrogen) atoms. The van der Waals surface area contributed by atoms with Crippen LogP contribution in [0.2, 0.25) is 0 Å². The first-order chi connectivity index (χ1) is 11.6. The van der Waals surface area contributed by atoms with Gasteiger partial charge in [-0.2, -0.15) is 0 Å². The van der Waals surface area contributed by atoms with Gasteiger partial charge in [0.25, 0.3) is 5.69 Å². The molecule has 2 aromatic carbocycles. The van der Waals surface area contributed by atoms with E-state index in [-0.39, 0.29) is 18.1 Å². The van der Waals surface area contributed by atoms with Crippen molar-refractivity contribution in [2.24, 2.45) is 0 Å². The Morgan fingerprint density at radius 2 is 2.12 bits per heavy atom. The number of non-ortho nitro benzene ring substituents is 1. The third-order valence-electron chi connectivity index (χ3n) is 4.01. The average molecular weight is 327 g/mol. The van der Waals surface area contributed by atoms with Crippen LogP contribution in [0.25, 0.3) is 0 Å². The van der Waals surface area contributed by atoms with E-state index >= 15 is 0 Å². The summed E-state index contributed by atoms with van der Waals surface area (Å²) in [6.07, 6.45) is 0.835. The zero-order valence-electron chi connectivity index (χ0n) is 13.2. The minimum atomic E-state index is -0.483. The summed E-state index contributed by atoms with van der Waals surface area (Å²) in [5.41, 5.74) is 2.44. The number of hydrogen-bond donors (Lipinski definition) is 1. The summed E-state index contributed by atoms with van der Waals surface area (Å²) in [5.74, 6) is 0.365. The fourth-order valence-electron chi connectivity index (χ4n) is 2.81. The predicted octanol–water partition coefficient (Wildman–Crippen LogP) is 2.60.